The van der Waals surface area contributed by atoms with Crippen molar-refractivity contribution in [2.75, 3.05) is 11.4 Å². The number of sulfonamides is 1. The van der Waals surface area contributed by atoms with E-state index in [0.29, 0.717) is 22.9 Å². The van der Waals surface area contributed by atoms with Gasteiger partial charge in [-0.15, -0.1) is 0 Å². The number of anilines is 1. The fourth-order valence-corrected chi connectivity index (χ4v) is 5.04. The molecule has 0 bridgehead atoms. The van der Waals surface area contributed by atoms with E-state index in [9.17, 15) is 17.6 Å². The normalized spacial score (nSPS) is 18.4. The SMILES string of the molecule is [CH2]CC[C@@H]1CN(c2nc(Br)ccc2C(=O)NS(=O)(=O)c2cccc(F)n2)C(C)(C)C1. The summed E-state index contributed by atoms with van der Waals surface area (Å²) in [6.45, 7) is 8.74. The highest BCUT2D eigenvalue weighted by Gasteiger charge is 2.40. The minimum absolute atomic E-state index is 0.113. The first-order valence-corrected chi connectivity index (χ1v) is 11.7. The van der Waals surface area contributed by atoms with Crippen molar-refractivity contribution in [3.05, 3.63) is 53.4 Å². The molecule has 1 fully saturated rings. The van der Waals surface area contributed by atoms with E-state index in [0.717, 1.165) is 31.4 Å². The molecular weight excluding hydrogens is 475 g/mol. The maximum absolute atomic E-state index is 13.3. The number of nitrogens with one attached hydrogen (secondary N) is 1. The number of aromatic nitrogens is 2. The first kappa shape index (κ1) is 22.6. The molecule has 3 rings (SSSR count). The van der Waals surface area contributed by atoms with E-state index in [4.69, 9.17) is 0 Å². The number of hydrogen-bond acceptors (Lipinski definition) is 6. The number of nitrogens with zero attached hydrogens (tertiary/aromatic N) is 3. The molecule has 0 aliphatic carbocycles. The number of carbonyl (C=O) groups excluding carboxylic acids is 1. The lowest BCUT2D eigenvalue weighted by molar-refractivity contribution is 0.0981. The van der Waals surface area contributed by atoms with Crippen LogP contribution in [0.15, 0.2) is 40.0 Å². The molecule has 0 saturated carbocycles. The highest BCUT2D eigenvalue weighted by molar-refractivity contribution is 9.10. The predicted octanol–water partition coefficient (Wildman–Crippen LogP) is 3.72. The molecule has 1 aliphatic heterocycles. The average molecular weight is 498 g/mol. The molecular formula is C20H23BrFN4O3S. The Morgan fingerprint density at radius 2 is 2.07 bits per heavy atom. The van der Waals surface area contributed by atoms with Crippen LogP contribution in [0.5, 0.6) is 0 Å². The van der Waals surface area contributed by atoms with Gasteiger partial charge in [-0.2, -0.15) is 12.8 Å². The van der Waals surface area contributed by atoms with Crippen molar-refractivity contribution in [2.45, 2.75) is 43.7 Å². The van der Waals surface area contributed by atoms with Crippen LogP contribution in [0.1, 0.15) is 43.5 Å². The molecule has 1 radical (unpaired) electrons. The Labute approximate surface area is 184 Å². The van der Waals surface area contributed by atoms with Gasteiger partial charge in [0.2, 0.25) is 5.95 Å². The third kappa shape index (κ3) is 4.80. The standard InChI is InChI=1S/C20H23BrFN4O3S/c1-4-6-13-11-20(2,3)26(12-13)18-14(9-10-15(21)23-18)19(27)25-30(28,29)17-8-5-7-16(22)24-17/h5,7-10,13H,1,4,6,11-12H2,2-3H3,(H,25,27)/t13-/m0/s1. The van der Waals surface area contributed by atoms with Gasteiger partial charge in [-0.05, 0) is 72.8 Å². The Balaban J connectivity index is 1.94. The lowest BCUT2D eigenvalue weighted by Gasteiger charge is -2.33. The average Bonchev–Trinajstić information content (AvgIpc) is 2.95. The summed E-state index contributed by atoms with van der Waals surface area (Å²) in [4.78, 5) is 22.8. The van der Waals surface area contributed by atoms with Crippen molar-refractivity contribution >= 4 is 37.7 Å². The third-order valence-electron chi connectivity index (χ3n) is 5.11. The van der Waals surface area contributed by atoms with Crippen LogP contribution in [0.25, 0.3) is 0 Å². The van der Waals surface area contributed by atoms with Crippen molar-refractivity contribution in [2.24, 2.45) is 5.92 Å². The van der Waals surface area contributed by atoms with E-state index in [2.05, 4.69) is 46.7 Å². The fraction of sp³-hybridized carbons (Fsp3) is 0.400. The first-order chi connectivity index (χ1) is 14.0. The highest BCUT2D eigenvalue weighted by atomic mass is 79.9. The zero-order valence-corrected chi connectivity index (χ0v) is 19.1. The van der Waals surface area contributed by atoms with Crippen LogP contribution in [-0.4, -0.2) is 36.4 Å². The summed E-state index contributed by atoms with van der Waals surface area (Å²) >= 11 is 3.33. The van der Waals surface area contributed by atoms with E-state index < -0.39 is 26.9 Å². The lowest BCUT2D eigenvalue weighted by atomic mass is 9.93. The van der Waals surface area contributed by atoms with Crippen LogP contribution in [-0.2, 0) is 10.0 Å². The van der Waals surface area contributed by atoms with Crippen molar-refractivity contribution in [3.8, 4) is 0 Å². The summed E-state index contributed by atoms with van der Waals surface area (Å²) < 4.78 is 40.9. The van der Waals surface area contributed by atoms with Crippen LogP contribution >= 0.6 is 15.9 Å². The first-order valence-electron chi connectivity index (χ1n) is 9.46. The summed E-state index contributed by atoms with van der Waals surface area (Å²) in [5.74, 6) is -1.02. The van der Waals surface area contributed by atoms with Crippen LogP contribution in [0, 0.1) is 18.8 Å². The number of pyridine rings is 2. The van der Waals surface area contributed by atoms with E-state index in [-0.39, 0.29) is 11.1 Å². The summed E-state index contributed by atoms with van der Waals surface area (Å²) in [7, 11) is -4.35. The summed E-state index contributed by atoms with van der Waals surface area (Å²) in [6, 6.07) is 6.44. The van der Waals surface area contributed by atoms with E-state index in [1.54, 1.807) is 6.07 Å². The number of rotatable bonds is 6. The Bertz CT molecular complexity index is 1060. The van der Waals surface area contributed by atoms with Gasteiger partial charge in [0.15, 0.2) is 5.03 Å². The van der Waals surface area contributed by atoms with Crippen LogP contribution in [0.4, 0.5) is 10.2 Å². The molecule has 0 aromatic carbocycles. The van der Waals surface area contributed by atoms with Crippen LogP contribution in [0.3, 0.4) is 0 Å². The topological polar surface area (TPSA) is 92.3 Å². The van der Waals surface area contributed by atoms with E-state index in [1.165, 1.54) is 12.1 Å². The Morgan fingerprint density at radius 3 is 2.73 bits per heavy atom. The molecule has 1 saturated heterocycles. The Morgan fingerprint density at radius 1 is 1.33 bits per heavy atom. The Hall–Kier alpha value is -2.07. The van der Waals surface area contributed by atoms with Crippen molar-refractivity contribution in [3.63, 3.8) is 0 Å². The minimum atomic E-state index is -4.35. The monoisotopic (exact) mass is 497 g/mol. The second-order valence-corrected chi connectivity index (χ2v) is 10.3. The molecule has 0 spiro atoms. The van der Waals surface area contributed by atoms with Crippen molar-refractivity contribution < 1.29 is 17.6 Å². The lowest BCUT2D eigenvalue weighted by Crippen LogP contribution is -2.41. The maximum atomic E-state index is 13.3. The van der Waals surface area contributed by atoms with Crippen LogP contribution in [0.2, 0.25) is 0 Å². The van der Waals surface area contributed by atoms with Gasteiger partial charge in [-0.3, -0.25) is 4.79 Å². The maximum Gasteiger partial charge on any atom is 0.281 e. The summed E-state index contributed by atoms with van der Waals surface area (Å²) in [5, 5.41) is -0.570. The molecule has 1 atom stereocenters. The highest BCUT2D eigenvalue weighted by Crippen LogP contribution is 2.39. The van der Waals surface area contributed by atoms with E-state index in [1.807, 2.05) is 9.62 Å². The molecule has 2 aromatic rings. The van der Waals surface area contributed by atoms with Gasteiger partial charge < -0.3 is 4.90 Å². The molecule has 1 N–H and O–H groups in total. The van der Waals surface area contributed by atoms with E-state index >= 15 is 0 Å². The van der Waals surface area contributed by atoms with Gasteiger partial charge in [0, 0.05) is 12.1 Å². The quantitative estimate of drug-likeness (QED) is 0.611. The fourth-order valence-electron chi connectivity index (χ4n) is 3.82. The number of halogens is 2. The molecule has 3 heterocycles. The van der Waals surface area contributed by atoms with Gasteiger partial charge in [0.1, 0.15) is 10.4 Å². The zero-order valence-electron chi connectivity index (χ0n) is 16.7. The summed E-state index contributed by atoms with van der Waals surface area (Å²) in [5.41, 5.74) is -0.160. The molecule has 0 unspecified atom stereocenters. The Kier molecular flexibility index (Phi) is 6.47. The molecule has 161 valence electrons. The van der Waals surface area contributed by atoms with Gasteiger partial charge >= 0.3 is 0 Å². The molecule has 7 nitrogen and oxygen atoms in total. The summed E-state index contributed by atoms with van der Waals surface area (Å²) in [6.07, 6.45) is 2.67. The largest absolute Gasteiger partial charge is 0.351 e. The number of carbonyl (C=O) groups is 1. The van der Waals surface area contributed by atoms with Crippen molar-refractivity contribution in [1.82, 2.24) is 14.7 Å². The molecule has 30 heavy (non-hydrogen) atoms. The smallest absolute Gasteiger partial charge is 0.281 e. The van der Waals surface area contributed by atoms with Gasteiger partial charge in [-0.25, -0.2) is 14.7 Å². The molecule has 10 heteroatoms. The number of amides is 1. The van der Waals surface area contributed by atoms with Crippen LogP contribution < -0.4 is 9.62 Å². The minimum Gasteiger partial charge on any atom is -0.351 e. The second-order valence-electron chi connectivity index (χ2n) is 7.87. The number of hydrogen-bond donors (Lipinski definition) is 1. The second kappa shape index (κ2) is 8.58. The van der Waals surface area contributed by atoms with Crippen molar-refractivity contribution in [1.29, 1.82) is 0 Å². The molecule has 1 aliphatic rings. The molecule has 2 aromatic heterocycles. The molecule has 1 amide bonds. The zero-order chi connectivity index (χ0) is 22.1. The van der Waals surface area contributed by atoms with Gasteiger partial charge in [0.05, 0.1) is 5.56 Å². The van der Waals surface area contributed by atoms with Gasteiger partial charge in [-0.1, -0.05) is 19.4 Å². The predicted molar refractivity (Wildman–Crippen MR) is 115 cm³/mol. The van der Waals surface area contributed by atoms with Gasteiger partial charge in [0.25, 0.3) is 15.9 Å². The third-order valence-corrected chi connectivity index (χ3v) is 6.78.